The van der Waals surface area contributed by atoms with Gasteiger partial charge < -0.3 is 30.1 Å². The van der Waals surface area contributed by atoms with Crippen LogP contribution in [0.1, 0.15) is 66.0 Å². The molecule has 3 fully saturated rings. The first-order valence-electron chi connectivity index (χ1n) is 20.2. The number of anilines is 5. The molecule has 0 saturated carbocycles. The van der Waals surface area contributed by atoms with Crippen molar-refractivity contribution in [3.8, 4) is 5.88 Å². The number of hydrogen-bond acceptors (Lipinski definition) is 11. The zero-order valence-electron chi connectivity index (χ0n) is 32.2. The zero-order chi connectivity index (χ0) is 39.0. The van der Waals surface area contributed by atoms with Gasteiger partial charge in [0.2, 0.25) is 29.5 Å². The summed E-state index contributed by atoms with van der Waals surface area (Å²) in [4.78, 5) is 57.3. The Kier molecular flexibility index (Phi) is 10.1. The van der Waals surface area contributed by atoms with E-state index in [1.165, 1.54) is 6.07 Å². The summed E-state index contributed by atoms with van der Waals surface area (Å²) in [6.45, 7) is 8.26. The fourth-order valence-corrected chi connectivity index (χ4v) is 9.02. The van der Waals surface area contributed by atoms with Crippen LogP contribution in [0.25, 0.3) is 0 Å². The lowest BCUT2D eigenvalue weighted by Crippen LogP contribution is -2.51. The zero-order valence-corrected chi connectivity index (χ0v) is 32.2. The van der Waals surface area contributed by atoms with Gasteiger partial charge in [-0.05, 0) is 91.8 Å². The number of imide groups is 1. The van der Waals surface area contributed by atoms with Crippen molar-refractivity contribution < 1.29 is 23.5 Å². The maximum atomic E-state index is 15.3. The summed E-state index contributed by atoms with van der Waals surface area (Å²) >= 11 is 0. The number of nitrogens with zero attached hydrogens (tertiary/aromatic N) is 6. The van der Waals surface area contributed by atoms with E-state index in [-0.39, 0.29) is 30.1 Å². The van der Waals surface area contributed by atoms with E-state index in [9.17, 15) is 14.4 Å². The molecule has 3 saturated heterocycles. The molecule has 2 aromatic carbocycles. The average Bonchev–Trinajstić information content (AvgIpc) is 3.20. The lowest BCUT2D eigenvalue weighted by molar-refractivity contribution is -0.137. The molecule has 0 bridgehead atoms. The van der Waals surface area contributed by atoms with Gasteiger partial charge in [-0.1, -0.05) is 18.2 Å². The smallest absolute Gasteiger partial charge is 0.237 e. The Hall–Kier alpha value is -5.79. The second kappa shape index (κ2) is 15.6. The van der Waals surface area contributed by atoms with Gasteiger partial charge in [-0.2, -0.15) is 0 Å². The van der Waals surface area contributed by atoms with Crippen molar-refractivity contribution in [2.24, 2.45) is 11.8 Å². The van der Waals surface area contributed by atoms with Crippen molar-refractivity contribution in [2.75, 3.05) is 66.3 Å². The highest BCUT2D eigenvalue weighted by molar-refractivity contribution is 6.01. The topological polar surface area (TPSA) is 145 Å². The van der Waals surface area contributed by atoms with Gasteiger partial charge in [0, 0.05) is 68.8 Å². The Morgan fingerprint density at radius 1 is 0.965 bits per heavy atom. The number of halogens is 1. The van der Waals surface area contributed by atoms with Crippen molar-refractivity contribution >= 4 is 46.4 Å². The molecule has 7 heterocycles. The third-order valence-corrected chi connectivity index (χ3v) is 12.3. The molecule has 3 N–H and O–H groups in total. The summed E-state index contributed by atoms with van der Waals surface area (Å²) in [5, 5.41) is 9.02. The molecule has 13 nitrogen and oxygen atoms in total. The number of fused-ring (bicyclic) bond motifs is 2. The summed E-state index contributed by atoms with van der Waals surface area (Å²) in [6.07, 6.45) is 8.77. The number of carbonyl (C=O) groups excluding carboxylic acids is 3. The highest BCUT2D eigenvalue weighted by Crippen LogP contribution is 2.37. The van der Waals surface area contributed by atoms with E-state index in [1.54, 1.807) is 12.1 Å². The third-order valence-electron chi connectivity index (χ3n) is 12.3. The first-order chi connectivity index (χ1) is 27.7. The van der Waals surface area contributed by atoms with Crippen LogP contribution in [0.15, 0.2) is 54.9 Å². The van der Waals surface area contributed by atoms with Gasteiger partial charge in [0.05, 0.1) is 36.5 Å². The van der Waals surface area contributed by atoms with Gasteiger partial charge in [-0.3, -0.25) is 19.7 Å². The normalized spacial score (nSPS) is 19.8. The Morgan fingerprint density at radius 3 is 2.58 bits per heavy atom. The predicted octanol–water partition coefficient (Wildman–Crippen LogP) is 5.26. The fourth-order valence-electron chi connectivity index (χ4n) is 9.02. The summed E-state index contributed by atoms with van der Waals surface area (Å²) in [6, 6.07) is 13.1. The summed E-state index contributed by atoms with van der Waals surface area (Å²) in [5.41, 5.74) is 8.09. The molecular formula is C43H48FN9O4. The van der Waals surface area contributed by atoms with Crippen LogP contribution in [0.4, 0.5) is 33.1 Å². The van der Waals surface area contributed by atoms with E-state index >= 15 is 4.39 Å². The van der Waals surface area contributed by atoms with Crippen molar-refractivity contribution in [1.82, 2.24) is 25.2 Å². The highest BCUT2D eigenvalue weighted by atomic mass is 19.1. The maximum absolute atomic E-state index is 15.3. The molecule has 1 atom stereocenters. The number of hydrogen-bond donors (Lipinski definition) is 3. The van der Waals surface area contributed by atoms with Crippen LogP contribution in [0.5, 0.6) is 5.88 Å². The molecular weight excluding hydrogens is 726 g/mol. The first kappa shape index (κ1) is 36.8. The van der Waals surface area contributed by atoms with E-state index in [2.05, 4.69) is 54.8 Å². The number of ether oxygens (including phenoxy) is 1. The van der Waals surface area contributed by atoms with Crippen molar-refractivity contribution in [2.45, 2.75) is 64.3 Å². The predicted molar refractivity (Wildman–Crippen MR) is 214 cm³/mol. The van der Waals surface area contributed by atoms with Crippen LogP contribution in [0, 0.1) is 24.6 Å². The highest BCUT2D eigenvalue weighted by Gasteiger charge is 2.34. The number of pyridine rings is 1. The Bertz CT molecular complexity index is 2190. The van der Waals surface area contributed by atoms with Crippen LogP contribution < -0.4 is 30.5 Å². The molecule has 1 unspecified atom stereocenters. The third kappa shape index (κ3) is 7.81. The molecule has 0 aliphatic carbocycles. The van der Waals surface area contributed by atoms with Crippen LogP contribution >= 0.6 is 0 Å². The van der Waals surface area contributed by atoms with E-state index in [0.29, 0.717) is 60.9 Å². The Balaban J connectivity index is 0.726. The Labute approximate surface area is 331 Å². The number of amides is 3. The van der Waals surface area contributed by atoms with Crippen LogP contribution in [0.3, 0.4) is 0 Å². The lowest BCUT2D eigenvalue weighted by Gasteiger charge is -2.42. The number of piperidine rings is 2. The van der Waals surface area contributed by atoms with Gasteiger partial charge in [-0.25, -0.2) is 19.3 Å². The van der Waals surface area contributed by atoms with Gasteiger partial charge in [0.15, 0.2) is 0 Å². The number of rotatable bonds is 9. The minimum atomic E-state index is -0.431. The molecule has 9 rings (SSSR count). The number of benzene rings is 2. The quantitative estimate of drug-likeness (QED) is 0.192. The lowest BCUT2D eigenvalue weighted by atomic mass is 9.83. The molecule has 57 heavy (non-hydrogen) atoms. The summed E-state index contributed by atoms with van der Waals surface area (Å²) in [5.74, 6) is 0.983. The minimum absolute atomic E-state index is 0.0311. The fraction of sp³-hybridized carbons (Fsp3) is 0.442. The van der Waals surface area contributed by atoms with Crippen molar-refractivity contribution in [3.63, 3.8) is 0 Å². The monoisotopic (exact) mass is 773 g/mol. The molecule has 2 aromatic heterocycles. The van der Waals surface area contributed by atoms with Gasteiger partial charge in [0.1, 0.15) is 18.1 Å². The van der Waals surface area contributed by atoms with E-state index in [4.69, 9.17) is 9.72 Å². The molecule has 0 radical (unpaired) electrons. The molecule has 5 aliphatic rings. The van der Waals surface area contributed by atoms with E-state index in [0.717, 1.165) is 104 Å². The SMILES string of the molecule is Cc1c(N2CCc3cnc(Nc4ccc(CC(=O)N5CC(CC6CCN(c7ccc(C8CCC(=O)NC8=O)cc7)CC6)C5)c(F)c4)nc3C2)cnc2c1NCCO2. The largest absolute Gasteiger partial charge is 0.474 e. The van der Waals surface area contributed by atoms with E-state index < -0.39 is 5.82 Å². The summed E-state index contributed by atoms with van der Waals surface area (Å²) < 4.78 is 21.0. The Morgan fingerprint density at radius 2 is 1.79 bits per heavy atom. The van der Waals surface area contributed by atoms with Crippen molar-refractivity contribution in [3.05, 3.63) is 88.6 Å². The number of likely N-dealkylation sites (tertiary alicyclic amines) is 1. The van der Waals surface area contributed by atoms with Crippen LogP contribution in [-0.2, 0) is 33.8 Å². The van der Waals surface area contributed by atoms with Crippen molar-refractivity contribution in [1.29, 1.82) is 0 Å². The van der Waals surface area contributed by atoms with Crippen LogP contribution in [-0.4, -0.2) is 83.4 Å². The molecule has 5 aliphatic heterocycles. The van der Waals surface area contributed by atoms with E-state index in [1.807, 2.05) is 29.4 Å². The van der Waals surface area contributed by atoms with Gasteiger partial charge in [-0.15, -0.1) is 0 Å². The molecule has 0 spiro atoms. The number of carbonyl (C=O) groups is 3. The first-order valence-corrected chi connectivity index (χ1v) is 20.2. The van der Waals surface area contributed by atoms with Gasteiger partial charge >= 0.3 is 0 Å². The standard InChI is InChI=1S/C43H48FN9O4/c1-26-37(22-46-42-40(26)45-13-17-57-42)52-16-12-31-21-47-43(49-36(31)25-52)48-32-5-2-30(35(44)20-32)19-39(55)53-23-28(24-53)18-27-10-14-51(15-11-27)33-6-3-29(4-7-33)34-8-9-38(54)50-41(34)56/h2-7,20-22,27-28,34,45H,8-19,23-25H2,1H3,(H,47,48,49)(H,50,54,56). The maximum Gasteiger partial charge on any atom is 0.237 e. The second-order valence-corrected chi connectivity index (χ2v) is 16.1. The molecule has 14 heteroatoms. The minimum Gasteiger partial charge on any atom is -0.474 e. The number of aromatic nitrogens is 3. The van der Waals surface area contributed by atoms with Gasteiger partial charge in [0.25, 0.3) is 0 Å². The molecule has 4 aromatic rings. The average molecular weight is 774 g/mol. The summed E-state index contributed by atoms with van der Waals surface area (Å²) in [7, 11) is 0. The van der Waals surface area contributed by atoms with Crippen LogP contribution in [0.2, 0.25) is 0 Å². The number of nitrogens with one attached hydrogen (secondary N) is 3. The molecule has 296 valence electrons. The molecule has 3 amide bonds. The second-order valence-electron chi connectivity index (χ2n) is 16.1.